The monoisotopic (exact) mass is 524 g/mol. The van der Waals surface area contributed by atoms with Crippen molar-refractivity contribution in [2.45, 2.75) is 33.1 Å². The molecule has 10 nitrogen and oxygen atoms in total. The third-order valence-corrected chi connectivity index (χ3v) is 5.34. The number of benzene rings is 2. The van der Waals surface area contributed by atoms with Crippen molar-refractivity contribution in [1.82, 2.24) is 21.7 Å². The molecule has 0 fully saturated rings. The minimum absolute atomic E-state index is 0.0160. The summed E-state index contributed by atoms with van der Waals surface area (Å²) in [6.45, 7) is 3.01. The summed E-state index contributed by atoms with van der Waals surface area (Å²) in [6.07, 6.45) is 0.167. The van der Waals surface area contributed by atoms with Crippen molar-refractivity contribution in [2.24, 2.45) is 0 Å². The molecule has 0 radical (unpaired) electrons. The first-order valence-electron chi connectivity index (χ1n) is 10.6. The second-order valence-electron chi connectivity index (χ2n) is 7.45. The zero-order valence-corrected chi connectivity index (χ0v) is 20.7. The van der Waals surface area contributed by atoms with Gasteiger partial charge in [-0.2, -0.15) is 0 Å². The van der Waals surface area contributed by atoms with Crippen LogP contribution in [0.5, 0.6) is 11.5 Å². The average Bonchev–Trinajstić information content (AvgIpc) is 2.82. The molecular weight excluding hydrogens is 499 g/mol. The van der Waals surface area contributed by atoms with Gasteiger partial charge >= 0.3 is 0 Å². The largest absolute Gasteiger partial charge is 0.484 e. The van der Waals surface area contributed by atoms with E-state index in [1.165, 1.54) is 0 Å². The van der Waals surface area contributed by atoms with Gasteiger partial charge in [0.05, 0.1) is 0 Å². The number of hydrogen-bond acceptors (Lipinski definition) is 6. The van der Waals surface area contributed by atoms with Crippen LogP contribution < -0.4 is 31.2 Å². The molecule has 12 heteroatoms. The summed E-state index contributed by atoms with van der Waals surface area (Å²) in [5.74, 6) is -1.13. The zero-order chi connectivity index (χ0) is 25.8. The minimum atomic E-state index is -0.553. The van der Waals surface area contributed by atoms with Crippen molar-refractivity contribution < 1.29 is 28.7 Å². The minimum Gasteiger partial charge on any atom is -0.484 e. The van der Waals surface area contributed by atoms with Gasteiger partial charge in [-0.1, -0.05) is 23.2 Å². The van der Waals surface area contributed by atoms with Crippen molar-refractivity contribution in [3.8, 4) is 11.5 Å². The highest BCUT2D eigenvalue weighted by Gasteiger charge is 2.10. The van der Waals surface area contributed by atoms with Gasteiger partial charge in [-0.15, -0.1) is 0 Å². The second kappa shape index (κ2) is 14.0. The van der Waals surface area contributed by atoms with Crippen molar-refractivity contribution in [3.05, 3.63) is 57.6 Å². The van der Waals surface area contributed by atoms with Gasteiger partial charge in [0.15, 0.2) is 13.2 Å². The molecule has 0 aliphatic rings. The van der Waals surface area contributed by atoms with Crippen LogP contribution in [0, 0.1) is 13.8 Å². The summed E-state index contributed by atoms with van der Waals surface area (Å²) < 4.78 is 10.6. The molecule has 0 bridgehead atoms. The molecule has 4 amide bonds. The lowest BCUT2D eigenvalue weighted by Gasteiger charge is -2.10. The predicted octanol–water partition coefficient (Wildman–Crippen LogP) is 2.53. The van der Waals surface area contributed by atoms with E-state index in [1.54, 1.807) is 36.4 Å². The normalized spacial score (nSPS) is 10.2. The molecule has 2 rings (SSSR count). The number of carbonyl (C=O) groups is 4. The fourth-order valence-corrected chi connectivity index (χ4v) is 2.83. The topological polar surface area (TPSA) is 135 Å². The second-order valence-corrected chi connectivity index (χ2v) is 8.26. The number of aryl methyl sites for hydroxylation is 2. The van der Waals surface area contributed by atoms with E-state index in [4.69, 9.17) is 32.7 Å². The van der Waals surface area contributed by atoms with Gasteiger partial charge in [-0.25, -0.2) is 0 Å². The number of carbonyl (C=O) groups excluding carboxylic acids is 4. The van der Waals surface area contributed by atoms with E-state index in [9.17, 15) is 19.2 Å². The predicted molar refractivity (Wildman–Crippen MR) is 130 cm³/mol. The number of rotatable bonds is 10. The molecule has 0 aliphatic carbocycles. The van der Waals surface area contributed by atoms with Gasteiger partial charge in [-0.3, -0.25) is 40.9 Å². The van der Waals surface area contributed by atoms with Gasteiger partial charge in [0.2, 0.25) is 11.8 Å². The summed E-state index contributed by atoms with van der Waals surface area (Å²) in [4.78, 5) is 47.2. The lowest BCUT2D eigenvalue weighted by molar-refractivity contribution is -0.131. The van der Waals surface area contributed by atoms with Gasteiger partial charge in [-0.05, 0) is 67.8 Å². The molecule has 0 saturated heterocycles. The van der Waals surface area contributed by atoms with Crippen LogP contribution >= 0.6 is 23.2 Å². The molecule has 0 aromatic heterocycles. The van der Waals surface area contributed by atoms with Gasteiger partial charge in [0.25, 0.3) is 11.8 Å². The Bertz CT molecular complexity index is 996. The van der Waals surface area contributed by atoms with Crippen LogP contribution in [0.1, 0.15) is 30.4 Å². The van der Waals surface area contributed by atoms with E-state index in [0.717, 1.165) is 11.1 Å². The van der Waals surface area contributed by atoms with E-state index in [1.807, 2.05) is 13.8 Å². The van der Waals surface area contributed by atoms with Crippen molar-refractivity contribution >= 4 is 46.8 Å². The van der Waals surface area contributed by atoms with Crippen LogP contribution in [0.15, 0.2) is 36.4 Å². The number of hydrazine groups is 2. The quantitative estimate of drug-likeness (QED) is 0.352. The van der Waals surface area contributed by atoms with Gasteiger partial charge in [0, 0.05) is 22.9 Å². The number of ether oxygens (including phenoxy) is 2. The third kappa shape index (κ3) is 10.5. The highest BCUT2D eigenvalue weighted by atomic mass is 35.5. The molecule has 0 heterocycles. The lowest BCUT2D eigenvalue weighted by Crippen LogP contribution is -2.44. The maximum atomic E-state index is 11.8. The molecule has 4 N–H and O–H groups in total. The molecule has 2 aromatic carbocycles. The summed E-state index contributed by atoms with van der Waals surface area (Å²) in [6, 6.07) is 9.95. The Kier molecular flexibility index (Phi) is 11.1. The van der Waals surface area contributed by atoms with E-state index >= 15 is 0 Å². The lowest BCUT2D eigenvalue weighted by atomic mass is 10.2. The molecule has 35 heavy (non-hydrogen) atoms. The fourth-order valence-electron chi connectivity index (χ4n) is 2.60. The maximum absolute atomic E-state index is 11.8. The number of halogens is 2. The first-order valence-corrected chi connectivity index (χ1v) is 11.3. The van der Waals surface area contributed by atoms with E-state index in [-0.39, 0.29) is 32.5 Å². The highest BCUT2D eigenvalue weighted by molar-refractivity contribution is 6.31. The van der Waals surface area contributed by atoms with Crippen LogP contribution in [-0.4, -0.2) is 36.8 Å². The Hall–Kier alpha value is -3.50. The molecule has 0 unspecified atom stereocenters. The van der Waals surface area contributed by atoms with Crippen LogP contribution in [0.2, 0.25) is 10.0 Å². The molecular formula is C23H26Cl2N4O6. The number of amides is 4. The summed E-state index contributed by atoms with van der Waals surface area (Å²) in [5.41, 5.74) is 10.5. The summed E-state index contributed by atoms with van der Waals surface area (Å²) in [7, 11) is 0. The van der Waals surface area contributed by atoms with Crippen molar-refractivity contribution in [3.63, 3.8) is 0 Å². The maximum Gasteiger partial charge on any atom is 0.276 e. The Morgan fingerprint density at radius 2 is 1.03 bits per heavy atom. The zero-order valence-electron chi connectivity index (χ0n) is 19.2. The smallest absolute Gasteiger partial charge is 0.276 e. The average molecular weight is 525 g/mol. The van der Waals surface area contributed by atoms with Crippen molar-refractivity contribution in [2.75, 3.05) is 13.2 Å². The molecule has 2 aromatic rings. The molecule has 0 saturated carbocycles. The van der Waals surface area contributed by atoms with Gasteiger partial charge < -0.3 is 9.47 Å². The van der Waals surface area contributed by atoms with Crippen LogP contribution in [0.25, 0.3) is 0 Å². The highest BCUT2D eigenvalue weighted by Crippen LogP contribution is 2.21. The number of nitrogens with one attached hydrogen (secondary N) is 4. The molecule has 0 spiro atoms. The standard InChI is InChI=1S/C23H26Cl2N4O6/c1-14-10-16(6-8-18(14)24)34-12-22(32)28-26-20(30)4-3-5-21(31)27-29-23(33)13-35-17-7-9-19(25)15(2)11-17/h6-11H,3-5,12-13H2,1-2H3,(H,26,30)(H,27,31)(H,28,32)(H,29,33). The Morgan fingerprint density at radius 3 is 1.40 bits per heavy atom. The van der Waals surface area contributed by atoms with Crippen LogP contribution in [0.4, 0.5) is 0 Å². The Balaban J connectivity index is 1.54. The fraction of sp³-hybridized carbons (Fsp3) is 0.304. The Morgan fingerprint density at radius 1 is 0.657 bits per heavy atom. The van der Waals surface area contributed by atoms with Crippen LogP contribution in [0.3, 0.4) is 0 Å². The molecule has 0 aliphatic heterocycles. The van der Waals surface area contributed by atoms with Crippen molar-refractivity contribution in [1.29, 1.82) is 0 Å². The summed E-state index contributed by atoms with van der Waals surface area (Å²) in [5, 5.41) is 1.17. The third-order valence-electron chi connectivity index (χ3n) is 4.49. The molecule has 188 valence electrons. The first kappa shape index (κ1) is 27.7. The molecule has 0 atom stereocenters. The van der Waals surface area contributed by atoms with Crippen LogP contribution in [-0.2, 0) is 19.2 Å². The van der Waals surface area contributed by atoms with E-state index in [2.05, 4.69) is 21.7 Å². The Labute approximate surface area is 212 Å². The van der Waals surface area contributed by atoms with E-state index < -0.39 is 23.6 Å². The first-order chi connectivity index (χ1) is 16.6. The SMILES string of the molecule is Cc1cc(OCC(=O)NNC(=O)CCCC(=O)NNC(=O)COc2ccc(Cl)c(C)c2)ccc1Cl. The summed E-state index contributed by atoms with van der Waals surface area (Å²) >= 11 is 11.9. The van der Waals surface area contributed by atoms with E-state index in [0.29, 0.717) is 21.5 Å². The number of hydrogen-bond donors (Lipinski definition) is 4. The van der Waals surface area contributed by atoms with Gasteiger partial charge in [0.1, 0.15) is 11.5 Å².